The molecule has 21 heavy (non-hydrogen) atoms. The Labute approximate surface area is 119 Å². The second kappa shape index (κ2) is 4.41. The van der Waals surface area contributed by atoms with Crippen molar-refractivity contribution >= 4 is 17.0 Å². The number of nitrogens with one attached hydrogen (secondary N) is 1. The van der Waals surface area contributed by atoms with Gasteiger partial charge >= 0.3 is 0 Å². The number of aromatic amines is 1. The first-order chi connectivity index (χ1) is 10.3. The number of nitrogens with zero attached hydrogens (tertiary/aromatic N) is 5. The van der Waals surface area contributed by atoms with Gasteiger partial charge in [0.05, 0.1) is 23.0 Å². The molecule has 3 aromatic heterocycles. The smallest absolute Gasteiger partial charge is 0.222 e. The Morgan fingerprint density at radius 2 is 2.10 bits per heavy atom. The van der Waals surface area contributed by atoms with E-state index in [9.17, 15) is 0 Å². The largest absolute Gasteiger partial charge is 0.368 e. The van der Waals surface area contributed by atoms with E-state index < -0.39 is 0 Å². The molecular formula is C14H11N7. The Hall–Kier alpha value is -3.22. The van der Waals surface area contributed by atoms with Crippen LogP contribution in [0.2, 0.25) is 0 Å². The zero-order valence-corrected chi connectivity index (χ0v) is 10.9. The molecule has 1 aromatic carbocycles. The molecule has 0 aliphatic carbocycles. The fourth-order valence-electron chi connectivity index (χ4n) is 2.29. The summed E-state index contributed by atoms with van der Waals surface area (Å²) in [6.45, 7) is 0. The van der Waals surface area contributed by atoms with Crippen LogP contribution < -0.4 is 5.73 Å². The van der Waals surface area contributed by atoms with Gasteiger partial charge in [-0.25, -0.2) is 9.67 Å². The Morgan fingerprint density at radius 1 is 1.14 bits per heavy atom. The average Bonchev–Trinajstić information content (AvgIpc) is 3.17. The van der Waals surface area contributed by atoms with Crippen LogP contribution >= 0.6 is 0 Å². The Kier molecular flexibility index (Phi) is 2.43. The molecule has 4 rings (SSSR count). The highest BCUT2D eigenvalue weighted by Gasteiger charge is 2.11. The van der Waals surface area contributed by atoms with Crippen LogP contribution in [0, 0.1) is 0 Å². The lowest BCUT2D eigenvalue weighted by Gasteiger charge is -2.06. The molecular weight excluding hydrogens is 266 g/mol. The molecule has 4 aromatic rings. The molecule has 0 aliphatic rings. The number of hydrogen-bond acceptors (Lipinski definition) is 5. The summed E-state index contributed by atoms with van der Waals surface area (Å²) in [5.41, 5.74) is 9.03. The number of anilines is 1. The van der Waals surface area contributed by atoms with Gasteiger partial charge in [-0.05, 0) is 18.2 Å². The van der Waals surface area contributed by atoms with Gasteiger partial charge in [-0.3, -0.25) is 5.10 Å². The Bertz CT molecular complexity index is 908. The van der Waals surface area contributed by atoms with Crippen LogP contribution in [0.5, 0.6) is 0 Å². The topological polar surface area (TPSA) is 98.3 Å². The second-order valence-corrected chi connectivity index (χ2v) is 4.56. The fraction of sp³-hybridized carbons (Fsp3) is 0. The van der Waals surface area contributed by atoms with Gasteiger partial charge in [0.1, 0.15) is 0 Å². The Balaban J connectivity index is 1.93. The summed E-state index contributed by atoms with van der Waals surface area (Å²) in [4.78, 5) is 8.47. The molecule has 0 unspecified atom stereocenters. The normalized spacial score (nSPS) is 11.0. The quantitative estimate of drug-likeness (QED) is 0.582. The average molecular weight is 277 g/mol. The van der Waals surface area contributed by atoms with Gasteiger partial charge in [0.2, 0.25) is 5.95 Å². The monoisotopic (exact) mass is 277 g/mol. The van der Waals surface area contributed by atoms with Crippen molar-refractivity contribution in [3.8, 4) is 16.9 Å². The standard InChI is InChI=1S/C14H11N7/c15-14-18-12(11-8-16-20-13(11)19-14)9-3-1-4-10(7-9)21-6-2-5-17-21/h1-8H,(H3,15,16,18,19,20). The van der Waals surface area contributed by atoms with Crippen molar-refractivity contribution in [3.05, 3.63) is 48.9 Å². The van der Waals surface area contributed by atoms with Crippen LogP contribution in [-0.2, 0) is 0 Å². The molecule has 0 radical (unpaired) electrons. The maximum absolute atomic E-state index is 5.77. The first-order valence-corrected chi connectivity index (χ1v) is 6.38. The summed E-state index contributed by atoms with van der Waals surface area (Å²) >= 11 is 0. The van der Waals surface area contributed by atoms with E-state index in [-0.39, 0.29) is 5.95 Å². The van der Waals surface area contributed by atoms with Crippen molar-refractivity contribution in [2.75, 3.05) is 5.73 Å². The summed E-state index contributed by atoms with van der Waals surface area (Å²) in [6, 6.07) is 9.79. The molecule has 0 fully saturated rings. The zero-order valence-electron chi connectivity index (χ0n) is 10.9. The molecule has 0 spiro atoms. The molecule has 7 heteroatoms. The molecule has 0 bridgehead atoms. The molecule has 0 aliphatic heterocycles. The fourth-order valence-corrected chi connectivity index (χ4v) is 2.29. The van der Waals surface area contributed by atoms with Crippen molar-refractivity contribution in [2.24, 2.45) is 0 Å². The first kappa shape index (κ1) is 11.6. The maximum atomic E-state index is 5.77. The van der Waals surface area contributed by atoms with Crippen LogP contribution in [0.1, 0.15) is 0 Å². The van der Waals surface area contributed by atoms with Crippen molar-refractivity contribution in [2.45, 2.75) is 0 Å². The van der Waals surface area contributed by atoms with Crippen molar-refractivity contribution in [3.63, 3.8) is 0 Å². The highest BCUT2D eigenvalue weighted by molar-refractivity contribution is 5.90. The van der Waals surface area contributed by atoms with Crippen LogP contribution in [0.15, 0.2) is 48.9 Å². The zero-order chi connectivity index (χ0) is 14.2. The van der Waals surface area contributed by atoms with Gasteiger partial charge in [-0.2, -0.15) is 15.2 Å². The predicted octanol–water partition coefficient (Wildman–Crippen LogP) is 1.79. The van der Waals surface area contributed by atoms with Gasteiger partial charge in [-0.15, -0.1) is 0 Å². The van der Waals surface area contributed by atoms with Crippen LogP contribution in [-0.4, -0.2) is 29.9 Å². The summed E-state index contributed by atoms with van der Waals surface area (Å²) in [5, 5.41) is 11.9. The highest BCUT2D eigenvalue weighted by atomic mass is 15.3. The highest BCUT2D eigenvalue weighted by Crippen LogP contribution is 2.26. The second-order valence-electron chi connectivity index (χ2n) is 4.56. The summed E-state index contributed by atoms with van der Waals surface area (Å²) < 4.78 is 1.79. The predicted molar refractivity (Wildman–Crippen MR) is 78.7 cm³/mol. The van der Waals surface area contributed by atoms with Crippen LogP contribution in [0.3, 0.4) is 0 Å². The lowest BCUT2D eigenvalue weighted by molar-refractivity contribution is 0.881. The van der Waals surface area contributed by atoms with E-state index in [4.69, 9.17) is 5.73 Å². The van der Waals surface area contributed by atoms with Crippen molar-refractivity contribution in [1.82, 2.24) is 29.9 Å². The minimum absolute atomic E-state index is 0.214. The number of aromatic nitrogens is 6. The Morgan fingerprint density at radius 3 is 2.95 bits per heavy atom. The lowest BCUT2D eigenvalue weighted by atomic mass is 10.1. The summed E-state index contributed by atoms with van der Waals surface area (Å²) in [5.74, 6) is 0.214. The maximum Gasteiger partial charge on any atom is 0.222 e. The molecule has 7 nitrogen and oxygen atoms in total. The van der Waals surface area contributed by atoms with Crippen molar-refractivity contribution < 1.29 is 0 Å². The molecule has 0 saturated heterocycles. The number of fused-ring (bicyclic) bond motifs is 1. The van der Waals surface area contributed by atoms with E-state index in [0.717, 1.165) is 22.3 Å². The van der Waals surface area contributed by atoms with E-state index in [1.165, 1.54) is 0 Å². The van der Waals surface area contributed by atoms with Gasteiger partial charge in [0.25, 0.3) is 0 Å². The van der Waals surface area contributed by atoms with E-state index in [1.807, 2.05) is 36.5 Å². The van der Waals surface area contributed by atoms with Crippen molar-refractivity contribution in [1.29, 1.82) is 0 Å². The third-order valence-electron chi connectivity index (χ3n) is 3.22. The van der Waals surface area contributed by atoms with Gasteiger partial charge in [0.15, 0.2) is 5.65 Å². The lowest BCUT2D eigenvalue weighted by Crippen LogP contribution is -1.98. The molecule has 0 saturated carbocycles. The van der Waals surface area contributed by atoms with Crippen LogP contribution in [0.25, 0.3) is 28.0 Å². The number of nitrogen functional groups attached to an aromatic ring is 1. The van der Waals surface area contributed by atoms with Gasteiger partial charge in [0, 0.05) is 18.0 Å². The third kappa shape index (κ3) is 1.91. The SMILES string of the molecule is Nc1nc(-c2cccc(-n3cccn3)c2)c2cn[nH]c2n1. The number of H-pyrrole nitrogens is 1. The number of rotatable bonds is 2. The van der Waals surface area contributed by atoms with E-state index >= 15 is 0 Å². The summed E-state index contributed by atoms with van der Waals surface area (Å²) in [6.07, 6.45) is 5.33. The van der Waals surface area contributed by atoms with Gasteiger partial charge < -0.3 is 5.73 Å². The first-order valence-electron chi connectivity index (χ1n) is 6.38. The number of hydrogen-bond donors (Lipinski definition) is 2. The summed E-state index contributed by atoms with van der Waals surface area (Å²) in [7, 11) is 0. The van der Waals surface area contributed by atoms with Crippen LogP contribution in [0.4, 0.5) is 5.95 Å². The molecule has 0 amide bonds. The minimum atomic E-state index is 0.214. The third-order valence-corrected chi connectivity index (χ3v) is 3.22. The number of benzene rings is 1. The van der Waals surface area contributed by atoms with E-state index in [1.54, 1.807) is 17.1 Å². The van der Waals surface area contributed by atoms with Gasteiger partial charge in [-0.1, -0.05) is 12.1 Å². The molecule has 3 heterocycles. The van der Waals surface area contributed by atoms with E-state index in [2.05, 4.69) is 25.3 Å². The minimum Gasteiger partial charge on any atom is -0.368 e. The number of nitrogens with two attached hydrogens (primary N) is 1. The molecule has 3 N–H and O–H groups in total. The molecule has 102 valence electrons. The molecule has 0 atom stereocenters. The van der Waals surface area contributed by atoms with E-state index in [0.29, 0.717) is 5.65 Å².